The lowest BCUT2D eigenvalue weighted by Gasteiger charge is -2.29. The zero-order valence-corrected chi connectivity index (χ0v) is 13.9. The highest BCUT2D eigenvalue weighted by atomic mass is 32.2. The summed E-state index contributed by atoms with van der Waals surface area (Å²) in [6, 6.07) is 6.36. The summed E-state index contributed by atoms with van der Waals surface area (Å²) >= 11 is 4.87. The van der Waals surface area contributed by atoms with Gasteiger partial charge in [-0.05, 0) is 23.5 Å². The van der Waals surface area contributed by atoms with Crippen molar-refractivity contribution in [1.29, 1.82) is 0 Å². The molecule has 4 nitrogen and oxygen atoms in total. The van der Waals surface area contributed by atoms with Gasteiger partial charge in [-0.1, -0.05) is 52.0 Å². The van der Waals surface area contributed by atoms with Crippen LogP contribution in [-0.2, 0) is 10.0 Å². The lowest BCUT2D eigenvalue weighted by molar-refractivity contribution is 0.252. The van der Waals surface area contributed by atoms with Crippen LogP contribution in [0.4, 0.5) is 0 Å². The minimum Gasteiger partial charge on any atom is -0.389 e. The second-order valence-corrected chi connectivity index (χ2v) is 8.07. The summed E-state index contributed by atoms with van der Waals surface area (Å²) in [5.74, 6) is 0.369. The molecule has 0 radical (unpaired) electrons. The predicted molar refractivity (Wildman–Crippen MR) is 86.1 cm³/mol. The van der Waals surface area contributed by atoms with Crippen molar-refractivity contribution < 1.29 is 8.42 Å². The van der Waals surface area contributed by atoms with Crippen LogP contribution in [0.2, 0.25) is 0 Å². The third-order valence-electron chi connectivity index (χ3n) is 3.71. The molecule has 0 aliphatic rings. The van der Waals surface area contributed by atoms with Crippen molar-refractivity contribution in [3.63, 3.8) is 0 Å². The van der Waals surface area contributed by atoms with Gasteiger partial charge in [0.05, 0.1) is 4.90 Å². The summed E-state index contributed by atoms with van der Waals surface area (Å²) in [6.45, 7) is 8.59. The van der Waals surface area contributed by atoms with Gasteiger partial charge < -0.3 is 5.73 Å². The van der Waals surface area contributed by atoms with E-state index in [1.54, 1.807) is 12.1 Å². The number of rotatable bonds is 6. The summed E-state index contributed by atoms with van der Waals surface area (Å²) in [6.07, 6.45) is 0. The molecule has 20 heavy (non-hydrogen) atoms. The predicted octanol–water partition coefficient (Wildman–Crippen LogP) is 2.28. The Balaban J connectivity index is 2.95. The molecule has 0 amide bonds. The van der Waals surface area contributed by atoms with Gasteiger partial charge in [-0.2, -0.15) is 0 Å². The van der Waals surface area contributed by atoms with Crippen LogP contribution in [0, 0.1) is 11.3 Å². The van der Waals surface area contributed by atoms with Gasteiger partial charge in [0.25, 0.3) is 0 Å². The number of hydrogen-bond donors (Lipinski definition) is 2. The maximum absolute atomic E-state index is 12.3. The number of nitrogens with one attached hydrogen (secondary N) is 1. The van der Waals surface area contributed by atoms with Crippen molar-refractivity contribution in [2.75, 3.05) is 6.54 Å². The van der Waals surface area contributed by atoms with Gasteiger partial charge in [-0.15, -0.1) is 0 Å². The van der Waals surface area contributed by atoms with Crippen molar-refractivity contribution in [2.45, 2.75) is 32.6 Å². The molecule has 6 heteroatoms. The van der Waals surface area contributed by atoms with Crippen LogP contribution in [-0.4, -0.2) is 20.0 Å². The number of benzene rings is 1. The Hall–Kier alpha value is -0.980. The van der Waals surface area contributed by atoms with Crippen LogP contribution in [0.5, 0.6) is 0 Å². The van der Waals surface area contributed by atoms with Gasteiger partial charge in [0, 0.05) is 12.1 Å². The highest BCUT2D eigenvalue weighted by Crippen LogP contribution is 2.25. The topological polar surface area (TPSA) is 72.2 Å². The number of hydrogen-bond acceptors (Lipinski definition) is 3. The van der Waals surface area contributed by atoms with Crippen LogP contribution < -0.4 is 10.5 Å². The average Bonchev–Trinajstić information content (AvgIpc) is 2.36. The molecule has 0 heterocycles. The zero-order chi connectivity index (χ0) is 15.6. The van der Waals surface area contributed by atoms with Crippen molar-refractivity contribution in [3.8, 4) is 0 Å². The lowest BCUT2D eigenvalue weighted by Crippen LogP contribution is -2.37. The normalized spacial score (nSPS) is 12.7. The van der Waals surface area contributed by atoms with Gasteiger partial charge in [0.1, 0.15) is 4.99 Å². The van der Waals surface area contributed by atoms with E-state index in [9.17, 15) is 8.42 Å². The summed E-state index contributed by atoms with van der Waals surface area (Å²) in [5, 5.41) is 0. The van der Waals surface area contributed by atoms with Crippen LogP contribution in [0.1, 0.15) is 33.3 Å². The molecule has 0 atom stereocenters. The second kappa shape index (κ2) is 6.20. The Labute approximate surface area is 126 Å². The van der Waals surface area contributed by atoms with Crippen molar-refractivity contribution >= 4 is 27.2 Å². The number of thiocarbonyl (C=S) groups is 1. The van der Waals surface area contributed by atoms with Crippen molar-refractivity contribution in [3.05, 3.63) is 29.8 Å². The standard InChI is InChI=1S/C14H22N2O2S2/c1-10(2)14(3,4)9-16-20(17,18)12-7-5-6-11(8-12)13(15)19/h5-8,10,16H,9H2,1-4H3,(H2,15,19). The van der Waals surface area contributed by atoms with Crippen molar-refractivity contribution in [2.24, 2.45) is 17.1 Å². The Morgan fingerprint density at radius 3 is 2.50 bits per heavy atom. The maximum Gasteiger partial charge on any atom is 0.240 e. The molecule has 0 saturated heterocycles. The van der Waals surface area contributed by atoms with E-state index in [1.165, 1.54) is 12.1 Å². The van der Waals surface area contributed by atoms with E-state index in [-0.39, 0.29) is 15.3 Å². The average molecular weight is 314 g/mol. The van der Waals surface area contributed by atoms with E-state index in [2.05, 4.69) is 18.6 Å². The molecule has 1 aromatic carbocycles. The Kier molecular flexibility index (Phi) is 5.29. The molecule has 0 saturated carbocycles. The lowest BCUT2D eigenvalue weighted by atomic mass is 9.81. The molecule has 0 aliphatic heterocycles. The minimum absolute atomic E-state index is 0.117. The van der Waals surface area contributed by atoms with E-state index in [0.717, 1.165) is 0 Å². The molecule has 3 N–H and O–H groups in total. The molecule has 1 rings (SSSR count). The largest absolute Gasteiger partial charge is 0.389 e. The first-order valence-electron chi connectivity index (χ1n) is 6.46. The summed E-state index contributed by atoms with van der Waals surface area (Å²) < 4.78 is 27.2. The first-order valence-corrected chi connectivity index (χ1v) is 8.35. The highest BCUT2D eigenvalue weighted by molar-refractivity contribution is 7.89. The van der Waals surface area contributed by atoms with Crippen molar-refractivity contribution in [1.82, 2.24) is 4.72 Å². The first kappa shape index (κ1) is 17.1. The van der Waals surface area contributed by atoms with Gasteiger partial charge in [0.2, 0.25) is 10.0 Å². The van der Waals surface area contributed by atoms with E-state index in [4.69, 9.17) is 18.0 Å². The monoisotopic (exact) mass is 314 g/mol. The zero-order valence-electron chi connectivity index (χ0n) is 12.3. The minimum atomic E-state index is -3.55. The smallest absolute Gasteiger partial charge is 0.240 e. The number of sulfonamides is 1. The Morgan fingerprint density at radius 1 is 1.40 bits per heavy atom. The molecule has 0 bridgehead atoms. The third kappa shape index (κ3) is 4.26. The summed E-state index contributed by atoms with van der Waals surface area (Å²) in [5.41, 5.74) is 5.96. The molecule has 1 aromatic rings. The van der Waals surface area contributed by atoms with Crippen LogP contribution in [0.25, 0.3) is 0 Å². The molecule has 0 aromatic heterocycles. The SMILES string of the molecule is CC(C)C(C)(C)CNS(=O)(=O)c1cccc(C(N)=S)c1. The molecule has 0 spiro atoms. The molecular weight excluding hydrogens is 292 g/mol. The van der Waals surface area contributed by atoms with E-state index in [0.29, 0.717) is 18.0 Å². The fourth-order valence-electron chi connectivity index (χ4n) is 1.38. The molecule has 0 unspecified atom stereocenters. The summed E-state index contributed by atoms with van der Waals surface area (Å²) in [4.78, 5) is 0.368. The van der Waals surface area contributed by atoms with Crippen LogP contribution in [0.3, 0.4) is 0 Å². The van der Waals surface area contributed by atoms with Crippen LogP contribution >= 0.6 is 12.2 Å². The van der Waals surface area contributed by atoms with E-state index < -0.39 is 10.0 Å². The molecule has 0 aliphatic carbocycles. The first-order chi connectivity index (χ1) is 9.06. The second-order valence-electron chi connectivity index (χ2n) is 5.86. The fourth-order valence-corrected chi connectivity index (χ4v) is 2.78. The Morgan fingerprint density at radius 2 is 2.00 bits per heavy atom. The highest BCUT2D eigenvalue weighted by Gasteiger charge is 2.25. The number of nitrogens with two attached hydrogens (primary N) is 1. The molecular formula is C14H22N2O2S2. The quantitative estimate of drug-likeness (QED) is 0.790. The molecule has 0 fully saturated rings. The van der Waals surface area contributed by atoms with Gasteiger partial charge in [-0.3, -0.25) is 0 Å². The van der Waals surface area contributed by atoms with E-state index >= 15 is 0 Å². The van der Waals surface area contributed by atoms with Gasteiger partial charge in [0.15, 0.2) is 0 Å². The third-order valence-corrected chi connectivity index (χ3v) is 5.34. The summed E-state index contributed by atoms with van der Waals surface area (Å²) in [7, 11) is -3.55. The Bertz CT molecular complexity index is 593. The van der Waals surface area contributed by atoms with E-state index in [1.807, 2.05) is 13.8 Å². The van der Waals surface area contributed by atoms with Crippen LogP contribution in [0.15, 0.2) is 29.2 Å². The van der Waals surface area contributed by atoms with Gasteiger partial charge >= 0.3 is 0 Å². The molecule has 112 valence electrons. The maximum atomic E-state index is 12.3. The van der Waals surface area contributed by atoms with Gasteiger partial charge in [-0.25, -0.2) is 13.1 Å². The fraction of sp³-hybridized carbons (Fsp3) is 0.500.